The topological polar surface area (TPSA) is 114 Å². The number of carbonyl (C=O) groups is 3. The number of amides is 2. The number of benzene rings is 5. The molecular formula is C42H35F3N4O5. The molecule has 0 atom stereocenters. The fraction of sp³-hybridized carbons (Fsp3) is 0.143. The van der Waals surface area contributed by atoms with Crippen LogP contribution >= 0.6 is 0 Å². The summed E-state index contributed by atoms with van der Waals surface area (Å²) in [6.07, 6.45) is -1.55. The summed E-state index contributed by atoms with van der Waals surface area (Å²) in [4.78, 5) is 39.0. The van der Waals surface area contributed by atoms with Crippen LogP contribution in [0.4, 0.5) is 18.9 Å². The molecule has 2 amide bonds. The second-order valence-electron chi connectivity index (χ2n) is 12.7. The highest BCUT2D eigenvalue weighted by Crippen LogP contribution is 2.35. The van der Waals surface area contributed by atoms with E-state index in [1.54, 1.807) is 10.9 Å². The summed E-state index contributed by atoms with van der Waals surface area (Å²) in [5.41, 5.74) is 6.03. The Labute approximate surface area is 309 Å². The molecule has 0 aliphatic rings. The van der Waals surface area contributed by atoms with Gasteiger partial charge in [-0.3, -0.25) is 14.4 Å². The summed E-state index contributed by atoms with van der Waals surface area (Å²) < 4.78 is 47.4. The van der Waals surface area contributed by atoms with Crippen LogP contribution in [0.2, 0.25) is 0 Å². The van der Waals surface area contributed by atoms with Crippen LogP contribution in [0.5, 0.6) is 5.75 Å². The Balaban J connectivity index is 1.09. The monoisotopic (exact) mass is 732 g/mol. The summed E-state index contributed by atoms with van der Waals surface area (Å²) in [5, 5.41) is 16.6. The first-order valence-electron chi connectivity index (χ1n) is 16.8. The number of hydrogen-bond acceptors (Lipinski definition) is 5. The maximum Gasteiger partial charge on any atom is 0.416 e. The number of carboxylic acids is 1. The minimum atomic E-state index is -4.68. The lowest BCUT2D eigenvalue weighted by atomic mass is 10.0. The van der Waals surface area contributed by atoms with Crippen molar-refractivity contribution in [1.82, 2.24) is 14.7 Å². The highest BCUT2D eigenvalue weighted by Gasteiger charge is 2.34. The molecule has 0 spiro atoms. The van der Waals surface area contributed by atoms with Gasteiger partial charge in [-0.2, -0.15) is 18.3 Å². The first-order chi connectivity index (χ1) is 25.9. The second kappa shape index (κ2) is 15.9. The van der Waals surface area contributed by atoms with Crippen molar-refractivity contribution in [3.05, 3.63) is 155 Å². The molecule has 0 unspecified atom stereocenters. The van der Waals surface area contributed by atoms with Crippen LogP contribution in [0.15, 0.2) is 128 Å². The number of methoxy groups -OCH3 is 1. The van der Waals surface area contributed by atoms with Crippen LogP contribution in [0.25, 0.3) is 27.9 Å². The minimum absolute atomic E-state index is 0.0138. The van der Waals surface area contributed by atoms with E-state index in [9.17, 15) is 32.7 Å². The summed E-state index contributed by atoms with van der Waals surface area (Å²) in [6, 6.07) is 32.9. The first-order valence-corrected chi connectivity index (χ1v) is 16.8. The average Bonchev–Trinajstić information content (AvgIpc) is 3.65. The Morgan fingerprint density at radius 2 is 1.43 bits per heavy atom. The van der Waals surface area contributed by atoms with Gasteiger partial charge in [0, 0.05) is 29.6 Å². The summed E-state index contributed by atoms with van der Waals surface area (Å²) >= 11 is 0. The number of ether oxygens (including phenoxy) is 1. The molecule has 6 rings (SSSR count). The number of aliphatic carboxylic acids is 1. The number of anilines is 1. The van der Waals surface area contributed by atoms with Crippen molar-refractivity contribution < 1.29 is 37.4 Å². The van der Waals surface area contributed by atoms with Crippen molar-refractivity contribution in [1.29, 1.82) is 0 Å². The van der Waals surface area contributed by atoms with Crippen molar-refractivity contribution in [2.24, 2.45) is 0 Å². The van der Waals surface area contributed by atoms with Gasteiger partial charge in [0.15, 0.2) is 0 Å². The van der Waals surface area contributed by atoms with Crippen molar-refractivity contribution in [3.63, 3.8) is 0 Å². The average molecular weight is 733 g/mol. The predicted octanol–water partition coefficient (Wildman–Crippen LogP) is 8.45. The normalized spacial score (nSPS) is 11.2. The molecule has 0 radical (unpaired) electrons. The Morgan fingerprint density at radius 1 is 0.815 bits per heavy atom. The van der Waals surface area contributed by atoms with Gasteiger partial charge in [0.25, 0.3) is 5.91 Å². The maximum atomic E-state index is 13.6. The molecule has 2 N–H and O–H groups in total. The molecule has 1 heterocycles. The molecule has 12 heteroatoms. The van der Waals surface area contributed by atoms with Crippen molar-refractivity contribution >= 4 is 23.5 Å². The maximum absolute atomic E-state index is 13.6. The van der Waals surface area contributed by atoms with Gasteiger partial charge >= 0.3 is 12.1 Å². The van der Waals surface area contributed by atoms with E-state index in [-0.39, 0.29) is 29.1 Å². The molecule has 0 aliphatic heterocycles. The molecule has 0 aliphatic carbocycles. The number of aromatic nitrogens is 2. The first kappa shape index (κ1) is 37.1. The van der Waals surface area contributed by atoms with Gasteiger partial charge in [-0.15, -0.1) is 0 Å². The Morgan fingerprint density at radius 3 is 2.04 bits per heavy atom. The fourth-order valence-electron chi connectivity index (χ4n) is 5.91. The van der Waals surface area contributed by atoms with Crippen molar-refractivity contribution in [3.8, 4) is 33.7 Å². The highest BCUT2D eigenvalue weighted by atomic mass is 19.4. The molecule has 5 aromatic carbocycles. The van der Waals surface area contributed by atoms with Crippen LogP contribution in [0.3, 0.4) is 0 Å². The molecule has 54 heavy (non-hydrogen) atoms. The molecule has 0 saturated carbocycles. The summed E-state index contributed by atoms with van der Waals surface area (Å²) in [6.45, 7) is 1.51. The number of nitrogens with one attached hydrogen (secondary N) is 1. The van der Waals surface area contributed by atoms with E-state index < -0.39 is 42.5 Å². The summed E-state index contributed by atoms with van der Waals surface area (Å²) in [5.74, 6) is -2.43. The number of alkyl halides is 3. The van der Waals surface area contributed by atoms with E-state index in [1.807, 2.05) is 42.6 Å². The van der Waals surface area contributed by atoms with Crippen LogP contribution in [-0.2, 0) is 28.7 Å². The number of rotatable bonds is 12. The Hall–Kier alpha value is -6.69. The number of hydrogen-bond donors (Lipinski definition) is 2. The second-order valence-corrected chi connectivity index (χ2v) is 12.7. The third kappa shape index (κ3) is 9.02. The predicted molar refractivity (Wildman–Crippen MR) is 198 cm³/mol. The van der Waals surface area contributed by atoms with Gasteiger partial charge in [-0.05, 0) is 83.3 Å². The number of carbonyl (C=O) groups excluding carboxylic acids is 2. The minimum Gasteiger partial charge on any atom is -0.497 e. The molecule has 9 nitrogen and oxygen atoms in total. The van der Waals surface area contributed by atoms with Gasteiger partial charge < -0.3 is 20.1 Å². The SMILES string of the molecule is COc1ccc(CC(=O)Nc2ccc(C(=O)N(CC(=O)O)Cc3ccc(-c4cnn(-c5ccc(-c6ccc(C)cc6)cc5)c4)cc3)cc2)c(C(F)(F)F)c1. The number of carboxylic acid groups (broad SMARTS) is 1. The van der Waals surface area contributed by atoms with E-state index in [0.29, 0.717) is 5.56 Å². The number of aryl methyl sites for hydroxylation is 1. The molecule has 0 fully saturated rings. The van der Waals surface area contributed by atoms with Crippen molar-refractivity contribution in [2.45, 2.75) is 26.1 Å². The quantitative estimate of drug-likeness (QED) is 0.131. The van der Waals surface area contributed by atoms with Gasteiger partial charge in [0.2, 0.25) is 5.91 Å². The lowest BCUT2D eigenvalue weighted by molar-refractivity contribution is -0.139. The smallest absolute Gasteiger partial charge is 0.416 e. The third-order valence-corrected chi connectivity index (χ3v) is 8.76. The van der Waals surface area contributed by atoms with Gasteiger partial charge in [-0.1, -0.05) is 72.3 Å². The van der Waals surface area contributed by atoms with Crippen LogP contribution in [0.1, 0.15) is 32.6 Å². The molecular weight excluding hydrogens is 697 g/mol. The van der Waals surface area contributed by atoms with Crippen LogP contribution in [0, 0.1) is 6.92 Å². The van der Waals surface area contributed by atoms with E-state index in [2.05, 4.69) is 53.7 Å². The molecule has 0 saturated heterocycles. The molecule has 274 valence electrons. The Bertz CT molecular complexity index is 2270. The van der Waals surface area contributed by atoms with Gasteiger partial charge in [0.1, 0.15) is 12.3 Å². The Kier molecular flexibility index (Phi) is 10.9. The number of halogens is 3. The zero-order valence-electron chi connectivity index (χ0n) is 29.3. The van der Waals surface area contributed by atoms with Crippen molar-refractivity contribution in [2.75, 3.05) is 19.0 Å². The van der Waals surface area contributed by atoms with E-state index in [1.165, 1.54) is 54.0 Å². The van der Waals surface area contributed by atoms with Crippen LogP contribution in [-0.4, -0.2) is 51.2 Å². The van der Waals surface area contributed by atoms with E-state index >= 15 is 0 Å². The third-order valence-electron chi connectivity index (χ3n) is 8.76. The zero-order valence-corrected chi connectivity index (χ0v) is 29.3. The van der Waals surface area contributed by atoms with Crippen LogP contribution < -0.4 is 10.1 Å². The standard InChI is InChI=1S/C42H35F3N4O5/c1-27-3-7-29(8-4-27)30-13-18-36(19-14-30)49-25-34(23-46-49)31-9-5-28(6-10-31)24-48(26-40(51)52)41(53)32-11-16-35(17-12-32)47-39(50)21-33-15-20-37(54-2)22-38(33)42(43,44)45/h3-20,22-23,25H,21,24,26H2,1-2H3,(H,47,50)(H,51,52). The van der Waals surface area contributed by atoms with E-state index in [4.69, 9.17) is 4.74 Å². The zero-order chi connectivity index (χ0) is 38.4. The fourth-order valence-corrected chi connectivity index (χ4v) is 5.91. The number of nitrogens with zero attached hydrogens (tertiary/aromatic N) is 3. The van der Waals surface area contributed by atoms with Gasteiger partial charge in [0.05, 0.1) is 31.0 Å². The largest absolute Gasteiger partial charge is 0.497 e. The lowest BCUT2D eigenvalue weighted by Crippen LogP contribution is -2.35. The molecule has 6 aromatic rings. The lowest BCUT2D eigenvalue weighted by Gasteiger charge is -2.21. The highest BCUT2D eigenvalue weighted by molar-refractivity contribution is 5.97. The van der Waals surface area contributed by atoms with Gasteiger partial charge in [-0.25, -0.2) is 4.68 Å². The molecule has 0 bridgehead atoms. The summed E-state index contributed by atoms with van der Waals surface area (Å²) in [7, 11) is 1.25. The van der Waals surface area contributed by atoms with E-state index in [0.717, 1.165) is 34.0 Å². The molecule has 1 aromatic heterocycles.